The van der Waals surface area contributed by atoms with Gasteiger partial charge in [0, 0.05) is 4.88 Å². The largest absolute Gasteiger partial charge is 0.465 e. The van der Waals surface area contributed by atoms with Gasteiger partial charge in [0.05, 0.1) is 23.0 Å². The van der Waals surface area contributed by atoms with Crippen molar-refractivity contribution in [1.29, 1.82) is 0 Å². The van der Waals surface area contributed by atoms with E-state index in [0.29, 0.717) is 5.56 Å². The lowest BCUT2D eigenvalue weighted by molar-refractivity contribution is -0.131. The molecule has 1 fully saturated rings. The van der Waals surface area contributed by atoms with E-state index in [1.54, 1.807) is 31.2 Å². The van der Waals surface area contributed by atoms with Gasteiger partial charge in [0.15, 0.2) is 5.54 Å². The van der Waals surface area contributed by atoms with Crippen LogP contribution in [0, 0.1) is 0 Å². The maximum absolute atomic E-state index is 12.8. The smallest absolute Gasteiger partial charge is 0.337 e. The fourth-order valence-electron chi connectivity index (χ4n) is 2.64. The van der Waals surface area contributed by atoms with Crippen molar-refractivity contribution in [2.24, 2.45) is 0 Å². The highest BCUT2D eigenvalue weighted by molar-refractivity contribution is 9.11. The molecule has 2 heterocycles. The number of nitrogens with one attached hydrogen (secondary N) is 1. The minimum absolute atomic E-state index is 0.133. The standard InChI is InChI=1S/C17H15BrN2O4S/c1-17(12-7-8-13(18)25-12)15(22)20(16(23)19-17)9-10-3-5-11(6-4-10)14(21)24-2/h3-8H,9H2,1-2H3,(H,19,23). The Balaban J connectivity index is 1.80. The molecule has 0 aliphatic carbocycles. The molecule has 2 aromatic rings. The van der Waals surface area contributed by atoms with Crippen molar-refractivity contribution in [3.05, 3.63) is 56.2 Å². The lowest BCUT2D eigenvalue weighted by Gasteiger charge is -2.20. The third-order valence-electron chi connectivity index (χ3n) is 4.06. The highest BCUT2D eigenvalue weighted by atomic mass is 79.9. The Kier molecular flexibility index (Phi) is 4.66. The topological polar surface area (TPSA) is 75.7 Å². The van der Waals surface area contributed by atoms with Gasteiger partial charge in [-0.1, -0.05) is 12.1 Å². The molecule has 1 aliphatic rings. The SMILES string of the molecule is COC(=O)c1ccc(CN2C(=O)NC(C)(c3ccc(Br)s3)C2=O)cc1. The fraction of sp³-hybridized carbons (Fsp3) is 0.235. The summed E-state index contributed by atoms with van der Waals surface area (Å²) < 4.78 is 5.54. The van der Waals surface area contributed by atoms with E-state index >= 15 is 0 Å². The third kappa shape index (κ3) is 3.19. The number of imide groups is 1. The molecule has 8 heteroatoms. The highest BCUT2D eigenvalue weighted by Gasteiger charge is 2.49. The van der Waals surface area contributed by atoms with Crippen molar-refractivity contribution in [1.82, 2.24) is 10.2 Å². The van der Waals surface area contributed by atoms with Crippen molar-refractivity contribution in [2.45, 2.75) is 19.0 Å². The molecule has 0 bridgehead atoms. The predicted molar refractivity (Wildman–Crippen MR) is 96.2 cm³/mol. The summed E-state index contributed by atoms with van der Waals surface area (Å²) >= 11 is 4.78. The van der Waals surface area contributed by atoms with Crippen molar-refractivity contribution in [2.75, 3.05) is 7.11 Å². The zero-order valence-corrected chi connectivity index (χ0v) is 15.9. The van der Waals surface area contributed by atoms with Crippen LogP contribution in [0.3, 0.4) is 0 Å². The molecule has 1 N–H and O–H groups in total. The van der Waals surface area contributed by atoms with Gasteiger partial charge in [-0.2, -0.15) is 0 Å². The Morgan fingerprint density at radius 1 is 1.24 bits per heavy atom. The van der Waals surface area contributed by atoms with Crippen LogP contribution in [0.2, 0.25) is 0 Å². The van der Waals surface area contributed by atoms with E-state index in [0.717, 1.165) is 14.2 Å². The summed E-state index contributed by atoms with van der Waals surface area (Å²) in [7, 11) is 1.31. The van der Waals surface area contributed by atoms with Crippen molar-refractivity contribution in [3.8, 4) is 0 Å². The van der Waals surface area contributed by atoms with Crippen LogP contribution < -0.4 is 5.32 Å². The average molecular weight is 423 g/mol. The molecule has 0 radical (unpaired) electrons. The molecule has 1 aromatic heterocycles. The molecule has 0 saturated carbocycles. The molecule has 0 spiro atoms. The molecule has 130 valence electrons. The number of amides is 3. The van der Waals surface area contributed by atoms with Crippen molar-refractivity contribution in [3.63, 3.8) is 0 Å². The third-order valence-corrected chi connectivity index (χ3v) is 5.90. The first-order valence-electron chi connectivity index (χ1n) is 7.42. The monoisotopic (exact) mass is 422 g/mol. The zero-order chi connectivity index (χ0) is 18.2. The van der Waals surface area contributed by atoms with Crippen LogP contribution >= 0.6 is 27.3 Å². The number of esters is 1. The molecule has 1 atom stereocenters. The van der Waals surface area contributed by atoms with Gasteiger partial charge in [0.2, 0.25) is 0 Å². The second-order valence-electron chi connectivity index (χ2n) is 5.74. The molecule has 3 amide bonds. The summed E-state index contributed by atoms with van der Waals surface area (Å²) in [5, 5.41) is 2.77. The Morgan fingerprint density at radius 2 is 1.92 bits per heavy atom. The summed E-state index contributed by atoms with van der Waals surface area (Å²) in [6.07, 6.45) is 0. The van der Waals surface area contributed by atoms with Gasteiger partial charge in [-0.25, -0.2) is 9.59 Å². The molecule has 1 aromatic carbocycles. The molecule has 25 heavy (non-hydrogen) atoms. The van der Waals surface area contributed by atoms with Gasteiger partial charge >= 0.3 is 12.0 Å². The maximum Gasteiger partial charge on any atom is 0.337 e. The van der Waals surface area contributed by atoms with E-state index in [2.05, 4.69) is 26.0 Å². The zero-order valence-electron chi connectivity index (χ0n) is 13.5. The van der Waals surface area contributed by atoms with Crippen LogP contribution in [0.15, 0.2) is 40.2 Å². The summed E-state index contributed by atoms with van der Waals surface area (Å²) in [6, 6.07) is 9.84. The van der Waals surface area contributed by atoms with Gasteiger partial charge in [0.25, 0.3) is 5.91 Å². The summed E-state index contributed by atoms with van der Waals surface area (Å²) in [5.41, 5.74) is 0.0872. The normalized spacial score (nSPS) is 19.9. The summed E-state index contributed by atoms with van der Waals surface area (Å²) in [6.45, 7) is 1.83. The molecule has 3 rings (SSSR count). The lowest BCUT2D eigenvalue weighted by Crippen LogP contribution is -2.40. The van der Waals surface area contributed by atoms with Crippen molar-refractivity contribution >= 4 is 45.2 Å². The Bertz CT molecular complexity index is 849. The number of benzene rings is 1. The van der Waals surface area contributed by atoms with E-state index in [-0.39, 0.29) is 12.5 Å². The van der Waals surface area contributed by atoms with Gasteiger partial charge in [-0.3, -0.25) is 9.69 Å². The summed E-state index contributed by atoms with van der Waals surface area (Å²) in [5.74, 6) is -0.735. The highest BCUT2D eigenvalue weighted by Crippen LogP contribution is 2.36. The van der Waals surface area contributed by atoms with Crippen LogP contribution in [0.5, 0.6) is 0 Å². The van der Waals surface area contributed by atoms with E-state index in [9.17, 15) is 14.4 Å². The Hall–Kier alpha value is -2.19. The van der Waals surface area contributed by atoms with Crippen LogP contribution in [0.4, 0.5) is 4.79 Å². The second-order valence-corrected chi connectivity index (χ2v) is 8.20. The van der Waals surface area contributed by atoms with Gasteiger partial charge < -0.3 is 10.1 Å². The summed E-state index contributed by atoms with van der Waals surface area (Å²) in [4.78, 5) is 38.6. The quantitative estimate of drug-likeness (QED) is 0.605. The van der Waals surface area contributed by atoms with E-state index in [1.807, 2.05) is 12.1 Å². The molecule has 1 unspecified atom stereocenters. The molecule has 1 saturated heterocycles. The molecule has 6 nitrogen and oxygen atoms in total. The minimum Gasteiger partial charge on any atom is -0.465 e. The number of thiophene rings is 1. The average Bonchev–Trinajstić information content (AvgIpc) is 3.13. The van der Waals surface area contributed by atoms with Gasteiger partial charge in [0.1, 0.15) is 0 Å². The Labute approximate surface area is 156 Å². The molecular formula is C17H15BrN2O4S. The number of carbonyl (C=O) groups excluding carboxylic acids is 3. The van der Waals surface area contributed by atoms with E-state index < -0.39 is 17.5 Å². The lowest BCUT2D eigenvalue weighted by atomic mass is 10.0. The van der Waals surface area contributed by atoms with E-state index in [1.165, 1.54) is 23.3 Å². The number of ether oxygens (including phenoxy) is 1. The number of hydrogen-bond acceptors (Lipinski definition) is 5. The number of carbonyl (C=O) groups is 3. The van der Waals surface area contributed by atoms with Crippen LogP contribution in [0.1, 0.15) is 27.7 Å². The van der Waals surface area contributed by atoms with Crippen LogP contribution in [-0.4, -0.2) is 29.9 Å². The number of methoxy groups -OCH3 is 1. The predicted octanol–water partition coefficient (Wildman–Crippen LogP) is 3.26. The van der Waals surface area contributed by atoms with Gasteiger partial charge in [-0.05, 0) is 52.7 Å². The van der Waals surface area contributed by atoms with E-state index in [4.69, 9.17) is 0 Å². The second kappa shape index (κ2) is 6.61. The Morgan fingerprint density at radius 3 is 2.48 bits per heavy atom. The van der Waals surface area contributed by atoms with Crippen molar-refractivity contribution < 1.29 is 19.1 Å². The fourth-order valence-corrected chi connectivity index (χ4v) is 4.12. The van der Waals surface area contributed by atoms with Crippen LogP contribution in [0.25, 0.3) is 0 Å². The first-order valence-corrected chi connectivity index (χ1v) is 9.03. The number of rotatable bonds is 4. The first kappa shape index (κ1) is 17.6. The van der Waals surface area contributed by atoms with Crippen LogP contribution in [-0.2, 0) is 21.6 Å². The van der Waals surface area contributed by atoms with Gasteiger partial charge in [-0.15, -0.1) is 11.3 Å². The number of hydrogen-bond donors (Lipinski definition) is 1. The first-order chi connectivity index (χ1) is 11.8. The number of halogens is 1. The number of nitrogens with zero attached hydrogens (tertiary/aromatic N) is 1. The maximum atomic E-state index is 12.8. The number of urea groups is 1. The molecule has 1 aliphatic heterocycles. The minimum atomic E-state index is -1.07. The molecular weight excluding hydrogens is 408 g/mol.